The van der Waals surface area contributed by atoms with Gasteiger partial charge in [0, 0.05) is 17.3 Å². The van der Waals surface area contributed by atoms with Gasteiger partial charge in [0.15, 0.2) is 5.78 Å². The second-order valence-electron chi connectivity index (χ2n) is 5.70. The molecule has 1 heterocycles. The van der Waals surface area contributed by atoms with Crippen molar-refractivity contribution in [3.8, 4) is 11.3 Å². The molecule has 4 heteroatoms. The molecule has 0 aliphatic rings. The van der Waals surface area contributed by atoms with Gasteiger partial charge >= 0.3 is 0 Å². The minimum Gasteiger partial charge on any atom is -0.288 e. The Kier molecular flexibility index (Phi) is 4.21. The smallest absolute Gasteiger partial charge is 0.198 e. The van der Waals surface area contributed by atoms with Crippen LogP contribution < -0.4 is 0 Å². The quantitative estimate of drug-likeness (QED) is 0.643. The molecule has 0 spiro atoms. The van der Waals surface area contributed by atoms with Crippen molar-refractivity contribution in [2.75, 3.05) is 0 Å². The number of rotatable bonds is 3. The molecule has 0 unspecified atom stereocenters. The van der Waals surface area contributed by atoms with Gasteiger partial charge in [-0.25, -0.2) is 8.78 Å². The molecule has 0 saturated carbocycles. The topological polar surface area (TPSA) is 30.0 Å². The van der Waals surface area contributed by atoms with Crippen molar-refractivity contribution in [1.29, 1.82) is 0 Å². The Morgan fingerprint density at radius 2 is 1.71 bits per heavy atom. The summed E-state index contributed by atoms with van der Waals surface area (Å²) in [7, 11) is 0. The largest absolute Gasteiger partial charge is 0.288 e. The Bertz CT molecular complexity index is 935. The molecule has 0 aliphatic carbocycles. The average molecular weight is 323 g/mol. The van der Waals surface area contributed by atoms with Crippen molar-refractivity contribution in [2.24, 2.45) is 0 Å². The van der Waals surface area contributed by atoms with E-state index in [4.69, 9.17) is 0 Å². The summed E-state index contributed by atoms with van der Waals surface area (Å²) in [6, 6.07) is 12.5. The number of hydrogen-bond donors (Lipinski definition) is 0. The van der Waals surface area contributed by atoms with Crippen molar-refractivity contribution in [1.82, 2.24) is 4.98 Å². The van der Waals surface area contributed by atoms with Crippen LogP contribution in [0.5, 0.6) is 0 Å². The van der Waals surface area contributed by atoms with E-state index in [0.29, 0.717) is 5.69 Å². The third-order valence-electron chi connectivity index (χ3n) is 3.79. The molecular formula is C20H15F2NO. The van der Waals surface area contributed by atoms with Crippen molar-refractivity contribution in [3.05, 3.63) is 88.6 Å². The first kappa shape index (κ1) is 16.0. The van der Waals surface area contributed by atoms with Gasteiger partial charge in [0.1, 0.15) is 11.6 Å². The predicted octanol–water partition coefficient (Wildman–Crippen LogP) is 4.87. The number of aromatic nitrogens is 1. The van der Waals surface area contributed by atoms with E-state index in [0.717, 1.165) is 17.2 Å². The zero-order valence-corrected chi connectivity index (χ0v) is 13.3. The van der Waals surface area contributed by atoms with Crippen LogP contribution in [0.2, 0.25) is 0 Å². The number of benzene rings is 2. The van der Waals surface area contributed by atoms with Gasteiger partial charge in [0.05, 0.1) is 11.3 Å². The fraction of sp³-hybridized carbons (Fsp3) is 0.100. The lowest BCUT2D eigenvalue weighted by Crippen LogP contribution is -2.09. The lowest BCUT2D eigenvalue weighted by molar-refractivity contribution is 0.103. The first-order valence-electron chi connectivity index (χ1n) is 7.50. The lowest BCUT2D eigenvalue weighted by Gasteiger charge is -2.10. The summed E-state index contributed by atoms with van der Waals surface area (Å²) in [6.07, 6.45) is 1.55. The normalized spacial score (nSPS) is 10.7. The van der Waals surface area contributed by atoms with Crippen molar-refractivity contribution in [2.45, 2.75) is 13.8 Å². The number of carbonyl (C=O) groups is 1. The third-order valence-corrected chi connectivity index (χ3v) is 3.79. The molecule has 3 rings (SSSR count). The van der Waals surface area contributed by atoms with Gasteiger partial charge in [0.2, 0.25) is 0 Å². The summed E-state index contributed by atoms with van der Waals surface area (Å²) in [6.45, 7) is 3.67. The van der Waals surface area contributed by atoms with E-state index in [9.17, 15) is 13.6 Å². The summed E-state index contributed by atoms with van der Waals surface area (Å²) < 4.78 is 29.1. The molecule has 2 nitrogen and oxygen atoms in total. The van der Waals surface area contributed by atoms with Gasteiger partial charge in [-0.05, 0) is 49.7 Å². The number of pyridine rings is 1. The fourth-order valence-corrected chi connectivity index (χ4v) is 2.57. The van der Waals surface area contributed by atoms with Crippen molar-refractivity contribution < 1.29 is 13.6 Å². The van der Waals surface area contributed by atoms with Gasteiger partial charge in [-0.3, -0.25) is 9.78 Å². The summed E-state index contributed by atoms with van der Waals surface area (Å²) in [5.41, 5.74) is 1.92. The third kappa shape index (κ3) is 2.95. The van der Waals surface area contributed by atoms with E-state index in [1.807, 2.05) is 19.9 Å². The summed E-state index contributed by atoms with van der Waals surface area (Å²) in [5, 5.41) is 0. The van der Waals surface area contributed by atoms with E-state index in [-0.39, 0.29) is 11.1 Å². The molecule has 0 saturated heterocycles. The van der Waals surface area contributed by atoms with E-state index >= 15 is 0 Å². The average Bonchev–Trinajstić information content (AvgIpc) is 2.55. The van der Waals surface area contributed by atoms with Crippen LogP contribution in [0.15, 0.2) is 54.7 Å². The van der Waals surface area contributed by atoms with Gasteiger partial charge in [-0.15, -0.1) is 0 Å². The fourth-order valence-electron chi connectivity index (χ4n) is 2.57. The van der Waals surface area contributed by atoms with Crippen LogP contribution in [0.1, 0.15) is 27.0 Å². The highest BCUT2D eigenvalue weighted by Gasteiger charge is 2.23. The van der Waals surface area contributed by atoms with Crippen LogP contribution in [-0.2, 0) is 0 Å². The summed E-state index contributed by atoms with van der Waals surface area (Å²) >= 11 is 0. The van der Waals surface area contributed by atoms with Gasteiger partial charge in [0.25, 0.3) is 0 Å². The minimum atomic E-state index is -0.889. The molecule has 0 N–H and O–H groups in total. The molecule has 0 atom stereocenters. The zero-order chi connectivity index (χ0) is 17.3. The maximum atomic E-state index is 14.9. The second-order valence-corrected chi connectivity index (χ2v) is 5.70. The van der Waals surface area contributed by atoms with E-state index in [1.54, 1.807) is 36.5 Å². The number of nitrogens with zero attached hydrogens (tertiary/aromatic N) is 1. The Balaban J connectivity index is 2.15. The summed E-state index contributed by atoms with van der Waals surface area (Å²) in [4.78, 5) is 16.7. The Hall–Kier alpha value is -2.88. The first-order chi connectivity index (χ1) is 11.5. The van der Waals surface area contributed by atoms with Crippen LogP contribution >= 0.6 is 0 Å². The molecule has 0 fully saturated rings. The van der Waals surface area contributed by atoms with Crippen LogP contribution in [0.3, 0.4) is 0 Å². The highest BCUT2D eigenvalue weighted by Crippen LogP contribution is 2.27. The van der Waals surface area contributed by atoms with E-state index in [1.165, 1.54) is 6.07 Å². The molecule has 0 bridgehead atoms. The van der Waals surface area contributed by atoms with E-state index < -0.39 is 23.0 Å². The molecule has 1 aromatic heterocycles. The Morgan fingerprint density at radius 1 is 0.958 bits per heavy atom. The standard InChI is InChI=1S/C20H15F2NO/c1-12-4-3-5-14(10-12)20(24)18-16(21)7-6-15(19(18)22)17-11-13(2)8-9-23-17/h3-11H,1-2H3. The first-order valence-corrected chi connectivity index (χ1v) is 7.50. The number of ketones is 1. The second kappa shape index (κ2) is 6.32. The summed E-state index contributed by atoms with van der Waals surface area (Å²) in [5.74, 6) is -2.45. The van der Waals surface area contributed by atoms with Gasteiger partial charge in [-0.1, -0.05) is 23.8 Å². The highest BCUT2D eigenvalue weighted by molar-refractivity contribution is 6.10. The number of hydrogen-bond acceptors (Lipinski definition) is 2. The van der Waals surface area contributed by atoms with Crippen molar-refractivity contribution in [3.63, 3.8) is 0 Å². The van der Waals surface area contributed by atoms with Gasteiger partial charge < -0.3 is 0 Å². The van der Waals surface area contributed by atoms with Crippen LogP contribution in [0.25, 0.3) is 11.3 Å². The lowest BCUT2D eigenvalue weighted by atomic mass is 9.97. The minimum absolute atomic E-state index is 0.108. The zero-order valence-electron chi connectivity index (χ0n) is 13.3. The molecule has 0 aliphatic heterocycles. The monoisotopic (exact) mass is 323 g/mol. The predicted molar refractivity (Wildman–Crippen MR) is 88.9 cm³/mol. The maximum Gasteiger partial charge on any atom is 0.198 e. The van der Waals surface area contributed by atoms with Crippen molar-refractivity contribution >= 4 is 5.78 Å². The maximum absolute atomic E-state index is 14.9. The molecule has 2 aromatic carbocycles. The Labute approximate surface area is 138 Å². The molecule has 120 valence electrons. The highest BCUT2D eigenvalue weighted by atomic mass is 19.1. The van der Waals surface area contributed by atoms with E-state index in [2.05, 4.69) is 4.98 Å². The van der Waals surface area contributed by atoms with Crippen LogP contribution in [-0.4, -0.2) is 10.8 Å². The molecule has 0 radical (unpaired) electrons. The molecule has 0 amide bonds. The van der Waals surface area contributed by atoms with Gasteiger partial charge in [-0.2, -0.15) is 0 Å². The van der Waals surface area contributed by atoms with Crippen LogP contribution in [0.4, 0.5) is 8.78 Å². The number of aryl methyl sites for hydroxylation is 2. The molecule has 24 heavy (non-hydrogen) atoms. The number of halogens is 2. The molecular weight excluding hydrogens is 308 g/mol. The SMILES string of the molecule is Cc1cccc(C(=O)c2c(F)ccc(-c3cc(C)ccn3)c2F)c1. The number of carbonyl (C=O) groups excluding carboxylic acids is 1. The molecule has 3 aromatic rings. The van der Waals surface area contributed by atoms with Crippen LogP contribution in [0, 0.1) is 25.5 Å². The Morgan fingerprint density at radius 3 is 2.42 bits per heavy atom.